The summed E-state index contributed by atoms with van der Waals surface area (Å²) in [5, 5.41) is 0. The molecule has 1 aromatic rings. The first-order chi connectivity index (χ1) is 7.83. The van der Waals surface area contributed by atoms with Crippen molar-refractivity contribution in [1.29, 1.82) is 0 Å². The summed E-state index contributed by atoms with van der Waals surface area (Å²) < 4.78 is 0. The van der Waals surface area contributed by atoms with E-state index in [1.807, 2.05) is 30.3 Å². The molecule has 0 saturated heterocycles. The van der Waals surface area contributed by atoms with Crippen LogP contribution in [0.1, 0.15) is 39.0 Å². The molecule has 0 aliphatic rings. The lowest BCUT2D eigenvalue weighted by atomic mass is 10.2. The molecule has 1 aromatic carbocycles. The minimum Gasteiger partial charge on any atom is -0.343 e. The average Bonchev–Trinajstić information content (AvgIpc) is 2.33. The molecule has 1 rings (SSSR count). The molecule has 0 saturated carbocycles. The predicted molar refractivity (Wildman–Crippen MR) is 64.9 cm³/mol. The number of hydrogen-bond acceptors (Lipinski definition) is 3. The maximum Gasteiger partial charge on any atom is 0.332 e. The van der Waals surface area contributed by atoms with Gasteiger partial charge in [-0.25, -0.2) is 10.3 Å². The predicted octanol–water partition coefficient (Wildman–Crippen LogP) is 3.53. The highest BCUT2D eigenvalue weighted by atomic mass is 16.7. The third-order valence-electron chi connectivity index (χ3n) is 2.29. The number of hydrogen-bond donors (Lipinski definition) is 1. The Hall–Kier alpha value is -1.51. The van der Waals surface area contributed by atoms with Gasteiger partial charge in [0.2, 0.25) is 0 Å². The molecule has 0 fully saturated rings. The normalized spacial score (nSPS) is 9.81. The van der Waals surface area contributed by atoms with Crippen LogP contribution in [0.3, 0.4) is 0 Å². The van der Waals surface area contributed by atoms with Crippen molar-refractivity contribution in [2.24, 2.45) is 0 Å². The van der Waals surface area contributed by atoms with E-state index < -0.39 is 0 Å². The zero-order valence-corrected chi connectivity index (χ0v) is 9.74. The number of carbonyl (C=O) groups is 1. The number of nitrogens with one attached hydrogen (secondary N) is 1. The molecule has 0 amide bonds. The summed E-state index contributed by atoms with van der Waals surface area (Å²) in [6, 6.07) is 9.39. The summed E-state index contributed by atoms with van der Waals surface area (Å²) in [6.07, 6.45) is 4.84. The number of rotatable bonds is 7. The largest absolute Gasteiger partial charge is 0.343 e. The van der Waals surface area contributed by atoms with Gasteiger partial charge < -0.3 is 4.84 Å². The summed E-state index contributed by atoms with van der Waals surface area (Å²) in [4.78, 5) is 16.2. The fourth-order valence-electron chi connectivity index (χ4n) is 1.37. The minimum atomic E-state index is -0.194. The van der Waals surface area contributed by atoms with Crippen LogP contribution in [0, 0.1) is 0 Å². The number of carbonyl (C=O) groups excluding carboxylic acids is 1. The highest BCUT2D eigenvalue weighted by Gasteiger charge is 2.02. The molecule has 0 heterocycles. The van der Waals surface area contributed by atoms with Crippen molar-refractivity contribution in [2.45, 2.75) is 39.0 Å². The number of para-hydroxylation sites is 1. The van der Waals surface area contributed by atoms with E-state index >= 15 is 0 Å². The summed E-state index contributed by atoms with van der Waals surface area (Å²) in [6.45, 7) is 2.15. The van der Waals surface area contributed by atoms with E-state index in [4.69, 9.17) is 4.84 Å². The van der Waals surface area contributed by atoms with Crippen molar-refractivity contribution in [3.63, 3.8) is 0 Å². The third-order valence-corrected chi connectivity index (χ3v) is 2.29. The van der Waals surface area contributed by atoms with Gasteiger partial charge in [0.05, 0.1) is 5.69 Å². The van der Waals surface area contributed by atoms with Gasteiger partial charge in [-0.05, 0) is 18.6 Å². The molecule has 88 valence electrons. The van der Waals surface area contributed by atoms with Crippen molar-refractivity contribution in [1.82, 2.24) is 0 Å². The highest BCUT2D eigenvalue weighted by molar-refractivity contribution is 5.70. The van der Waals surface area contributed by atoms with Crippen molar-refractivity contribution < 1.29 is 9.63 Å². The summed E-state index contributed by atoms with van der Waals surface area (Å²) in [5.74, 6) is -0.194. The number of anilines is 1. The van der Waals surface area contributed by atoms with E-state index in [9.17, 15) is 4.79 Å². The van der Waals surface area contributed by atoms with Gasteiger partial charge in [0.25, 0.3) is 0 Å². The quantitative estimate of drug-likeness (QED) is 0.565. The highest BCUT2D eigenvalue weighted by Crippen LogP contribution is 2.07. The molecule has 0 unspecified atom stereocenters. The maximum atomic E-state index is 11.3. The standard InChI is InChI=1S/C13H19NO2/c1-2-3-4-8-11-13(15)16-14-12-9-6-5-7-10-12/h5-7,9-10,14H,2-4,8,11H2,1H3. The van der Waals surface area contributed by atoms with Gasteiger partial charge in [0, 0.05) is 6.42 Å². The van der Waals surface area contributed by atoms with Crippen LogP contribution in [-0.2, 0) is 9.63 Å². The first kappa shape index (κ1) is 12.6. The average molecular weight is 221 g/mol. The first-order valence-corrected chi connectivity index (χ1v) is 5.83. The Labute approximate surface area is 96.8 Å². The lowest BCUT2D eigenvalue weighted by molar-refractivity contribution is -0.140. The van der Waals surface area contributed by atoms with Gasteiger partial charge in [-0.2, -0.15) is 0 Å². The van der Waals surface area contributed by atoms with E-state index in [0.717, 1.165) is 18.5 Å². The van der Waals surface area contributed by atoms with Crippen LogP contribution < -0.4 is 5.48 Å². The second kappa shape index (κ2) is 7.74. The monoisotopic (exact) mass is 221 g/mol. The SMILES string of the molecule is CCCCCCC(=O)ONc1ccccc1. The molecule has 0 aliphatic carbocycles. The smallest absolute Gasteiger partial charge is 0.332 e. The summed E-state index contributed by atoms with van der Waals surface area (Å²) in [7, 11) is 0. The van der Waals surface area contributed by atoms with Crippen LogP contribution in [0.15, 0.2) is 30.3 Å². The Balaban J connectivity index is 2.11. The van der Waals surface area contributed by atoms with E-state index in [-0.39, 0.29) is 5.97 Å². The van der Waals surface area contributed by atoms with E-state index in [1.165, 1.54) is 12.8 Å². The van der Waals surface area contributed by atoms with Crippen LogP contribution in [-0.4, -0.2) is 5.97 Å². The summed E-state index contributed by atoms with van der Waals surface area (Å²) in [5.41, 5.74) is 3.43. The molecular weight excluding hydrogens is 202 g/mol. The molecular formula is C13H19NO2. The minimum absolute atomic E-state index is 0.194. The van der Waals surface area contributed by atoms with Gasteiger partial charge in [-0.1, -0.05) is 44.4 Å². The molecule has 0 radical (unpaired) electrons. The molecule has 3 nitrogen and oxygen atoms in total. The zero-order chi connectivity index (χ0) is 11.6. The second-order valence-electron chi connectivity index (χ2n) is 3.75. The second-order valence-corrected chi connectivity index (χ2v) is 3.75. The van der Waals surface area contributed by atoms with Crippen molar-refractivity contribution in [2.75, 3.05) is 5.48 Å². The fraction of sp³-hybridized carbons (Fsp3) is 0.462. The van der Waals surface area contributed by atoms with E-state index in [0.29, 0.717) is 6.42 Å². The Morgan fingerprint density at radius 2 is 1.94 bits per heavy atom. The molecule has 1 N–H and O–H groups in total. The lowest BCUT2D eigenvalue weighted by Gasteiger charge is -2.06. The van der Waals surface area contributed by atoms with E-state index in [2.05, 4.69) is 12.4 Å². The third kappa shape index (κ3) is 5.39. The molecule has 0 aliphatic heterocycles. The zero-order valence-electron chi connectivity index (χ0n) is 9.74. The lowest BCUT2D eigenvalue weighted by Crippen LogP contribution is -2.09. The Morgan fingerprint density at radius 3 is 2.62 bits per heavy atom. The van der Waals surface area contributed by atoms with Crippen LogP contribution in [0.2, 0.25) is 0 Å². The topological polar surface area (TPSA) is 38.3 Å². The summed E-state index contributed by atoms with van der Waals surface area (Å²) >= 11 is 0. The van der Waals surface area contributed by atoms with Crippen LogP contribution in [0.25, 0.3) is 0 Å². The fourth-order valence-corrected chi connectivity index (χ4v) is 1.37. The number of benzene rings is 1. The van der Waals surface area contributed by atoms with Crippen molar-refractivity contribution >= 4 is 11.7 Å². The molecule has 0 atom stereocenters. The van der Waals surface area contributed by atoms with Crippen LogP contribution >= 0.6 is 0 Å². The van der Waals surface area contributed by atoms with Crippen LogP contribution in [0.5, 0.6) is 0 Å². The molecule has 16 heavy (non-hydrogen) atoms. The molecule has 0 aromatic heterocycles. The molecule has 0 bridgehead atoms. The van der Waals surface area contributed by atoms with Crippen LogP contribution in [0.4, 0.5) is 5.69 Å². The Bertz CT molecular complexity index is 298. The van der Waals surface area contributed by atoms with Crippen molar-refractivity contribution in [3.05, 3.63) is 30.3 Å². The van der Waals surface area contributed by atoms with Gasteiger partial charge in [0.1, 0.15) is 0 Å². The van der Waals surface area contributed by atoms with Gasteiger partial charge >= 0.3 is 5.97 Å². The van der Waals surface area contributed by atoms with Gasteiger partial charge in [-0.3, -0.25) is 0 Å². The van der Waals surface area contributed by atoms with Gasteiger partial charge in [-0.15, -0.1) is 0 Å². The first-order valence-electron chi connectivity index (χ1n) is 5.83. The van der Waals surface area contributed by atoms with Crippen molar-refractivity contribution in [3.8, 4) is 0 Å². The Morgan fingerprint density at radius 1 is 1.19 bits per heavy atom. The van der Waals surface area contributed by atoms with Gasteiger partial charge in [0.15, 0.2) is 0 Å². The number of unbranched alkanes of at least 4 members (excludes halogenated alkanes) is 3. The maximum absolute atomic E-state index is 11.3. The Kier molecular flexibility index (Phi) is 6.07. The molecule has 3 heteroatoms. The van der Waals surface area contributed by atoms with E-state index in [1.54, 1.807) is 0 Å². The molecule has 0 spiro atoms.